The molecule has 2 N–H and O–H groups in total. The van der Waals surface area contributed by atoms with Gasteiger partial charge in [-0.05, 0) is 13.3 Å². The lowest BCUT2D eigenvalue weighted by Gasteiger charge is -2.11. The van der Waals surface area contributed by atoms with Crippen LogP contribution in [0.5, 0.6) is 0 Å². The van der Waals surface area contributed by atoms with Crippen LogP contribution in [0.4, 0.5) is 0 Å². The molecule has 0 aliphatic carbocycles. The summed E-state index contributed by atoms with van der Waals surface area (Å²) in [5.41, 5.74) is 0. The Bertz CT molecular complexity index is 134. The minimum absolute atomic E-state index is 0.0396. The molecule has 0 aromatic rings. The van der Waals surface area contributed by atoms with Gasteiger partial charge in [-0.2, -0.15) is 0 Å². The first-order valence-corrected chi connectivity index (χ1v) is 4.53. The number of nitrogens with one attached hydrogen (secondary N) is 1. The standard InChI is InChI=1S/C9H19NO2/c1-4-5-7(2)9(12)10-6-8(3)11/h7-8,11H,4-6H2,1-3H3,(H,10,12). The minimum atomic E-state index is -0.456. The number of carbonyl (C=O) groups excluding carboxylic acids is 1. The number of hydrogen-bond acceptors (Lipinski definition) is 2. The molecule has 3 nitrogen and oxygen atoms in total. The number of amides is 1. The highest BCUT2D eigenvalue weighted by atomic mass is 16.3. The van der Waals surface area contributed by atoms with E-state index in [0.717, 1.165) is 12.8 Å². The number of aliphatic hydroxyl groups is 1. The molecule has 0 heterocycles. The number of carbonyl (C=O) groups is 1. The Morgan fingerprint density at radius 1 is 1.50 bits per heavy atom. The molecule has 2 atom stereocenters. The van der Waals surface area contributed by atoms with Crippen LogP contribution >= 0.6 is 0 Å². The zero-order chi connectivity index (χ0) is 9.56. The summed E-state index contributed by atoms with van der Waals surface area (Å²) in [6, 6.07) is 0. The molecule has 0 saturated heterocycles. The van der Waals surface area contributed by atoms with Crippen LogP contribution in [0.15, 0.2) is 0 Å². The van der Waals surface area contributed by atoms with Crippen molar-refractivity contribution in [1.82, 2.24) is 5.32 Å². The third-order valence-corrected chi connectivity index (χ3v) is 1.74. The van der Waals surface area contributed by atoms with Crippen molar-refractivity contribution in [2.24, 2.45) is 5.92 Å². The lowest BCUT2D eigenvalue weighted by molar-refractivity contribution is -0.125. The molecule has 0 fully saturated rings. The zero-order valence-corrected chi connectivity index (χ0v) is 8.13. The predicted octanol–water partition coefficient (Wildman–Crippen LogP) is 0.920. The van der Waals surface area contributed by atoms with Gasteiger partial charge in [0.05, 0.1) is 6.10 Å². The van der Waals surface area contributed by atoms with Crippen LogP contribution in [0.25, 0.3) is 0 Å². The number of hydrogen-bond donors (Lipinski definition) is 2. The van der Waals surface area contributed by atoms with Gasteiger partial charge in [-0.15, -0.1) is 0 Å². The van der Waals surface area contributed by atoms with Crippen LogP contribution in [-0.2, 0) is 4.79 Å². The van der Waals surface area contributed by atoms with E-state index in [-0.39, 0.29) is 11.8 Å². The van der Waals surface area contributed by atoms with Crippen molar-refractivity contribution in [3.05, 3.63) is 0 Å². The molecule has 1 amide bonds. The summed E-state index contributed by atoms with van der Waals surface area (Å²) in [7, 11) is 0. The summed E-state index contributed by atoms with van der Waals surface area (Å²) < 4.78 is 0. The van der Waals surface area contributed by atoms with Gasteiger partial charge < -0.3 is 10.4 Å². The highest BCUT2D eigenvalue weighted by Gasteiger charge is 2.11. The monoisotopic (exact) mass is 173 g/mol. The van der Waals surface area contributed by atoms with Gasteiger partial charge in [0.25, 0.3) is 0 Å². The molecule has 72 valence electrons. The Morgan fingerprint density at radius 2 is 2.08 bits per heavy atom. The van der Waals surface area contributed by atoms with Gasteiger partial charge in [-0.1, -0.05) is 20.3 Å². The van der Waals surface area contributed by atoms with Gasteiger partial charge in [0.2, 0.25) is 5.91 Å². The third kappa shape index (κ3) is 5.13. The van der Waals surface area contributed by atoms with Crippen LogP contribution in [0.3, 0.4) is 0 Å². The first-order chi connectivity index (χ1) is 5.57. The summed E-state index contributed by atoms with van der Waals surface area (Å²) in [5, 5.41) is 11.6. The largest absolute Gasteiger partial charge is 0.392 e. The molecule has 0 rings (SSSR count). The predicted molar refractivity (Wildman–Crippen MR) is 48.8 cm³/mol. The highest BCUT2D eigenvalue weighted by molar-refractivity contribution is 5.78. The maximum Gasteiger partial charge on any atom is 0.222 e. The van der Waals surface area contributed by atoms with Gasteiger partial charge >= 0.3 is 0 Å². The van der Waals surface area contributed by atoms with E-state index in [2.05, 4.69) is 12.2 Å². The molecule has 0 aromatic heterocycles. The van der Waals surface area contributed by atoms with Crippen molar-refractivity contribution in [1.29, 1.82) is 0 Å². The molecule has 0 radical (unpaired) electrons. The van der Waals surface area contributed by atoms with Crippen LogP contribution < -0.4 is 5.32 Å². The minimum Gasteiger partial charge on any atom is -0.392 e. The Labute approximate surface area is 74.2 Å². The van der Waals surface area contributed by atoms with E-state index in [9.17, 15) is 4.79 Å². The topological polar surface area (TPSA) is 49.3 Å². The van der Waals surface area contributed by atoms with Crippen molar-refractivity contribution in [2.75, 3.05) is 6.54 Å². The van der Waals surface area contributed by atoms with Gasteiger partial charge in [0.1, 0.15) is 0 Å². The molecule has 0 aliphatic rings. The first kappa shape index (κ1) is 11.4. The van der Waals surface area contributed by atoms with Crippen LogP contribution in [0.1, 0.15) is 33.6 Å². The lowest BCUT2D eigenvalue weighted by atomic mass is 10.1. The molecule has 2 unspecified atom stereocenters. The van der Waals surface area contributed by atoms with E-state index in [1.165, 1.54) is 0 Å². The van der Waals surface area contributed by atoms with Crippen LogP contribution in [0, 0.1) is 5.92 Å². The molecule has 12 heavy (non-hydrogen) atoms. The Kier molecular flexibility index (Phi) is 5.72. The first-order valence-electron chi connectivity index (χ1n) is 4.53. The second-order valence-corrected chi connectivity index (χ2v) is 3.28. The fourth-order valence-corrected chi connectivity index (χ4v) is 0.987. The normalized spacial score (nSPS) is 15.3. The highest BCUT2D eigenvalue weighted by Crippen LogP contribution is 2.03. The molecule has 0 saturated carbocycles. The average Bonchev–Trinajstić information content (AvgIpc) is 2.00. The molecular weight excluding hydrogens is 154 g/mol. The molecular formula is C9H19NO2. The molecule has 0 aromatic carbocycles. The van der Waals surface area contributed by atoms with Crippen molar-refractivity contribution < 1.29 is 9.90 Å². The molecule has 0 aliphatic heterocycles. The number of aliphatic hydroxyl groups excluding tert-OH is 1. The van der Waals surface area contributed by atoms with E-state index < -0.39 is 6.10 Å². The van der Waals surface area contributed by atoms with Gasteiger partial charge in [0, 0.05) is 12.5 Å². The van der Waals surface area contributed by atoms with Gasteiger partial charge in [-0.3, -0.25) is 4.79 Å². The summed E-state index contributed by atoms with van der Waals surface area (Å²) >= 11 is 0. The van der Waals surface area contributed by atoms with Crippen LogP contribution in [-0.4, -0.2) is 23.7 Å². The van der Waals surface area contributed by atoms with E-state index in [4.69, 9.17) is 5.11 Å². The summed E-state index contributed by atoms with van der Waals surface area (Å²) in [4.78, 5) is 11.2. The van der Waals surface area contributed by atoms with E-state index in [1.807, 2.05) is 6.92 Å². The van der Waals surface area contributed by atoms with Crippen LogP contribution in [0.2, 0.25) is 0 Å². The SMILES string of the molecule is CCCC(C)C(=O)NCC(C)O. The third-order valence-electron chi connectivity index (χ3n) is 1.74. The Morgan fingerprint density at radius 3 is 2.50 bits per heavy atom. The quantitative estimate of drug-likeness (QED) is 0.649. The van der Waals surface area contributed by atoms with E-state index in [0.29, 0.717) is 6.54 Å². The summed E-state index contributed by atoms with van der Waals surface area (Å²) in [6.45, 7) is 5.97. The van der Waals surface area contributed by atoms with E-state index in [1.54, 1.807) is 6.92 Å². The Balaban J connectivity index is 3.57. The summed E-state index contributed by atoms with van der Waals surface area (Å²) in [6.07, 6.45) is 1.47. The smallest absolute Gasteiger partial charge is 0.222 e. The Hall–Kier alpha value is -0.570. The van der Waals surface area contributed by atoms with Gasteiger partial charge in [0.15, 0.2) is 0 Å². The van der Waals surface area contributed by atoms with Crippen molar-refractivity contribution in [3.63, 3.8) is 0 Å². The van der Waals surface area contributed by atoms with Crippen molar-refractivity contribution in [3.8, 4) is 0 Å². The fraction of sp³-hybridized carbons (Fsp3) is 0.889. The maximum atomic E-state index is 11.2. The van der Waals surface area contributed by atoms with E-state index >= 15 is 0 Å². The fourth-order valence-electron chi connectivity index (χ4n) is 0.987. The summed E-state index contributed by atoms with van der Waals surface area (Å²) in [5.74, 6) is 0.103. The second kappa shape index (κ2) is 6.00. The second-order valence-electron chi connectivity index (χ2n) is 3.28. The molecule has 0 spiro atoms. The zero-order valence-electron chi connectivity index (χ0n) is 8.13. The lowest BCUT2D eigenvalue weighted by Crippen LogP contribution is -2.34. The van der Waals surface area contributed by atoms with Gasteiger partial charge in [-0.25, -0.2) is 0 Å². The maximum absolute atomic E-state index is 11.2. The molecule has 3 heteroatoms. The average molecular weight is 173 g/mol. The molecule has 0 bridgehead atoms. The van der Waals surface area contributed by atoms with Crippen molar-refractivity contribution >= 4 is 5.91 Å². The number of rotatable bonds is 5. The van der Waals surface area contributed by atoms with Crippen molar-refractivity contribution in [2.45, 2.75) is 39.7 Å².